The molecule has 0 saturated carbocycles. The van der Waals surface area contributed by atoms with Crippen LogP contribution < -0.4 is 0 Å². The molecule has 4 heteroatoms. The molecular formula is C15H27NO2S. The fraction of sp³-hybridized carbons (Fsp3) is 0.800. The standard InChI is InChI=1S/C15H27NO2S/c1-7-15(8-2,18-6)12(17)9-13-16-11(10-19-13)14(3,4)5/h10,12,17H,7-9H2,1-6H3. The third-order valence-corrected chi connectivity index (χ3v) is 4.77. The van der Waals surface area contributed by atoms with E-state index in [1.165, 1.54) is 0 Å². The first-order valence-electron chi connectivity index (χ1n) is 6.97. The van der Waals surface area contributed by atoms with Crippen molar-refractivity contribution in [2.75, 3.05) is 7.11 Å². The Morgan fingerprint density at radius 3 is 2.26 bits per heavy atom. The Labute approximate surface area is 121 Å². The van der Waals surface area contributed by atoms with Crippen LogP contribution in [0.3, 0.4) is 0 Å². The van der Waals surface area contributed by atoms with Crippen LogP contribution in [0.1, 0.15) is 58.2 Å². The molecule has 1 atom stereocenters. The molecule has 0 aromatic carbocycles. The van der Waals surface area contributed by atoms with Gasteiger partial charge in [0.2, 0.25) is 0 Å². The van der Waals surface area contributed by atoms with Crippen molar-refractivity contribution in [3.8, 4) is 0 Å². The minimum atomic E-state index is -0.508. The first-order valence-corrected chi connectivity index (χ1v) is 7.85. The third kappa shape index (κ3) is 3.77. The first-order chi connectivity index (χ1) is 8.79. The average Bonchev–Trinajstić information content (AvgIpc) is 2.80. The van der Waals surface area contributed by atoms with Crippen molar-refractivity contribution in [2.45, 2.75) is 71.0 Å². The molecule has 1 aromatic heterocycles. The van der Waals surface area contributed by atoms with Crippen molar-refractivity contribution in [2.24, 2.45) is 0 Å². The molecule has 0 radical (unpaired) electrons. The van der Waals surface area contributed by atoms with Gasteiger partial charge in [0, 0.05) is 24.3 Å². The molecule has 1 rings (SSSR count). The summed E-state index contributed by atoms with van der Waals surface area (Å²) in [7, 11) is 1.68. The van der Waals surface area contributed by atoms with E-state index in [9.17, 15) is 5.11 Å². The molecule has 0 aliphatic carbocycles. The number of aromatic nitrogens is 1. The lowest BCUT2D eigenvalue weighted by molar-refractivity contribution is -0.106. The summed E-state index contributed by atoms with van der Waals surface area (Å²) in [6.07, 6.45) is 1.67. The van der Waals surface area contributed by atoms with E-state index in [1.807, 2.05) is 0 Å². The number of thiazole rings is 1. The minimum absolute atomic E-state index is 0.0631. The Morgan fingerprint density at radius 2 is 1.89 bits per heavy atom. The van der Waals surface area contributed by atoms with Gasteiger partial charge in [0.25, 0.3) is 0 Å². The fourth-order valence-electron chi connectivity index (χ4n) is 2.25. The van der Waals surface area contributed by atoms with Crippen LogP contribution in [0.5, 0.6) is 0 Å². The lowest BCUT2D eigenvalue weighted by Crippen LogP contribution is -2.44. The van der Waals surface area contributed by atoms with Gasteiger partial charge < -0.3 is 9.84 Å². The number of nitrogens with zero attached hydrogens (tertiary/aromatic N) is 1. The van der Waals surface area contributed by atoms with Gasteiger partial charge in [-0.05, 0) is 12.8 Å². The van der Waals surface area contributed by atoms with E-state index in [0.717, 1.165) is 23.5 Å². The lowest BCUT2D eigenvalue weighted by atomic mass is 9.88. The second-order valence-electron chi connectivity index (χ2n) is 6.07. The van der Waals surface area contributed by atoms with Gasteiger partial charge in [0.05, 0.1) is 22.4 Å². The summed E-state index contributed by atoms with van der Waals surface area (Å²) < 4.78 is 5.57. The van der Waals surface area contributed by atoms with Crippen LogP contribution in [0.4, 0.5) is 0 Å². The topological polar surface area (TPSA) is 42.4 Å². The molecule has 0 spiro atoms. The maximum absolute atomic E-state index is 10.5. The van der Waals surface area contributed by atoms with Crippen molar-refractivity contribution in [3.63, 3.8) is 0 Å². The summed E-state index contributed by atoms with van der Waals surface area (Å²) in [5.74, 6) is 0. The highest BCUT2D eigenvalue weighted by atomic mass is 32.1. The minimum Gasteiger partial charge on any atom is -0.390 e. The molecule has 110 valence electrons. The molecular weight excluding hydrogens is 258 g/mol. The molecule has 3 nitrogen and oxygen atoms in total. The van der Waals surface area contributed by atoms with Crippen LogP contribution in [0.25, 0.3) is 0 Å². The molecule has 1 unspecified atom stereocenters. The van der Waals surface area contributed by atoms with E-state index in [2.05, 4.69) is 45.0 Å². The number of methoxy groups -OCH3 is 1. The van der Waals surface area contributed by atoms with Crippen LogP contribution in [-0.4, -0.2) is 28.9 Å². The van der Waals surface area contributed by atoms with E-state index in [0.29, 0.717) is 6.42 Å². The van der Waals surface area contributed by atoms with Crippen molar-refractivity contribution in [1.29, 1.82) is 0 Å². The maximum atomic E-state index is 10.5. The molecule has 0 saturated heterocycles. The highest BCUT2D eigenvalue weighted by Gasteiger charge is 2.35. The van der Waals surface area contributed by atoms with Crippen LogP contribution in [-0.2, 0) is 16.6 Å². The smallest absolute Gasteiger partial charge is 0.0955 e. The summed E-state index contributed by atoms with van der Waals surface area (Å²) in [6.45, 7) is 10.6. The van der Waals surface area contributed by atoms with Crippen molar-refractivity contribution < 1.29 is 9.84 Å². The highest BCUT2D eigenvalue weighted by Crippen LogP contribution is 2.29. The zero-order chi connectivity index (χ0) is 14.7. The van der Waals surface area contributed by atoms with Crippen LogP contribution in [0.2, 0.25) is 0 Å². The van der Waals surface area contributed by atoms with E-state index in [4.69, 9.17) is 4.74 Å². The maximum Gasteiger partial charge on any atom is 0.0955 e. The summed E-state index contributed by atoms with van der Waals surface area (Å²) in [5, 5.41) is 13.5. The van der Waals surface area contributed by atoms with Gasteiger partial charge in [-0.15, -0.1) is 11.3 Å². The average molecular weight is 285 g/mol. The molecule has 0 amide bonds. The predicted molar refractivity (Wildman–Crippen MR) is 80.8 cm³/mol. The Bertz CT molecular complexity index is 383. The van der Waals surface area contributed by atoms with Crippen LogP contribution in [0.15, 0.2) is 5.38 Å². The summed E-state index contributed by atoms with van der Waals surface area (Å²) in [6, 6.07) is 0. The Balaban J connectivity index is 2.82. The number of aliphatic hydroxyl groups excluding tert-OH is 1. The van der Waals surface area contributed by atoms with E-state index in [-0.39, 0.29) is 5.41 Å². The Kier molecular flexibility index (Phi) is 5.53. The Hall–Kier alpha value is -0.450. The summed E-state index contributed by atoms with van der Waals surface area (Å²) >= 11 is 1.63. The largest absolute Gasteiger partial charge is 0.390 e. The monoisotopic (exact) mass is 285 g/mol. The third-order valence-electron chi connectivity index (χ3n) is 3.90. The Morgan fingerprint density at radius 1 is 1.32 bits per heavy atom. The van der Waals surface area contributed by atoms with E-state index < -0.39 is 11.7 Å². The summed E-state index contributed by atoms with van der Waals surface area (Å²) in [4.78, 5) is 4.64. The van der Waals surface area contributed by atoms with Gasteiger partial charge in [0.15, 0.2) is 0 Å². The zero-order valence-corrected chi connectivity index (χ0v) is 13.8. The number of aliphatic hydroxyl groups is 1. The molecule has 1 N–H and O–H groups in total. The van der Waals surface area contributed by atoms with Gasteiger partial charge in [-0.25, -0.2) is 4.98 Å². The number of ether oxygens (including phenoxy) is 1. The van der Waals surface area contributed by atoms with Gasteiger partial charge in [-0.3, -0.25) is 0 Å². The molecule has 19 heavy (non-hydrogen) atoms. The summed E-state index contributed by atoms with van der Waals surface area (Å²) in [5.41, 5.74) is 0.705. The number of hydrogen-bond donors (Lipinski definition) is 1. The van der Waals surface area contributed by atoms with E-state index in [1.54, 1.807) is 18.4 Å². The second-order valence-corrected chi connectivity index (χ2v) is 7.02. The van der Waals surface area contributed by atoms with Gasteiger partial charge in [-0.1, -0.05) is 34.6 Å². The van der Waals surface area contributed by atoms with E-state index >= 15 is 0 Å². The lowest BCUT2D eigenvalue weighted by Gasteiger charge is -2.34. The second kappa shape index (κ2) is 6.33. The number of rotatable bonds is 6. The van der Waals surface area contributed by atoms with Gasteiger partial charge in [-0.2, -0.15) is 0 Å². The first kappa shape index (κ1) is 16.6. The molecule has 0 fully saturated rings. The SMILES string of the molecule is CCC(CC)(OC)C(O)Cc1nc(C(C)(C)C)cs1. The highest BCUT2D eigenvalue weighted by molar-refractivity contribution is 7.09. The van der Waals surface area contributed by atoms with Gasteiger partial charge >= 0.3 is 0 Å². The van der Waals surface area contributed by atoms with Crippen molar-refractivity contribution >= 4 is 11.3 Å². The molecule has 0 aliphatic heterocycles. The van der Waals surface area contributed by atoms with Gasteiger partial charge in [0.1, 0.15) is 0 Å². The predicted octanol–water partition coefficient (Wildman–Crippen LogP) is 3.55. The van der Waals surface area contributed by atoms with Crippen LogP contribution in [0, 0.1) is 0 Å². The van der Waals surface area contributed by atoms with Crippen molar-refractivity contribution in [1.82, 2.24) is 4.98 Å². The number of hydrogen-bond acceptors (Lipinski definition) is 4. The molecule has 1 heterocycles. The quantitative estimate of drug-likeness (QED) is 0.869. The van der Waals surface area contributed by atoms with Crippen LogP contribution >= 0.6 is 11.3 Å². The van der Waals surface area contributed by atoms with Crippen molar-refractivity contribution in [3.05, 3.63) is 16.1 Å². The fourth-order valence-corrected chi connectivity index (χ4v) is 3.31. The molecule has 1 aromatic rings. The zero-order valence-electron chi connectivity index (χ0n) is 13.0. The normalized spacial score (nSPS) is 14.7. The molecule has 0 bridgehead atoms. The molecule has 0 aliphatic rings.